The van der Waals surface area contributed by atoms with E-state index in [4.69, 9.17) is 5.11 Å². The van der Waals surface area contributed by atoms with E-state index in [2.05, 4.69) is 22.4 Å². The van der Waals surface area contributed by atoms with Gasteiger partial charge in [-0.3, -0.25) is 0 Å². The summed E-state index contributed by atoms with van der Waals surface area (Å²) in [6.45, 7) is 0.380. The number of isothiocyanates is 1. The lowest BCUT2D eigenvalue weighted by Gasteiger charge is -1.97. The Bertz CT molecular complexity index is 370. The fourth-order valence-electron chi connectivity index (χ4n) is 0.926. The van der Waals surface area contributed by atoms with Crippen molar-refractivity contribution in [2.75, 3.05) is 0 Å². The predicted octanol–water partition coefficient (Wildman–Crippen LogP) is 1.99. The highest BCUT2D eigenvalue weighted by Gasteiger charge is 2.01. The standard InChI is InChI=1S/C9H7NO2S/c11-9(12)8-3-1-2-7(4-8)5-10-6-13/h1-4H,5H2,(H,11,12). The van der Waals surface area contributed by atoms with E-state index in [0.29, 0.717) is 6.54 Å². The van der Waals surface area contributed by atoms with Crippen molar-refractivity contribution in [1.82, 2.24) is 0 Å². The van der Waals surface area contributed by atoms with Crippen LogP contribution in [0.3, 0.4) is 0 Å². The van der Waals surface area contributed by atoms with Gasteiger partial charge in [-0.1, -0.05) is 12.1 Å². The van der Waals surface area contributed by atoms with Crippen molar-refractivity contribution < 1.29 is 9.90 Å². The maximum absolute atomic E-state index is 10.6. The molecule has 0 aromatic heterocycles. The van der Waals surface area contributed by atoms with E-state index in [-0.39, 0.29) is 5.56 Å². The van der Waals surface area contributed by atoms with Crippen LogP contribution >= 0.6 is 12.2 Å². The van der Waals surface area contributed by atoms with E-state index in [9.17, 15) is 4.79 Å². The first-order valence-corrected chi connectivity index (χ1v) is 4.00. The van der Waals surface area contributed by atoms with Gasteiger partial charge in [0.2, 0.25) is 0 Å². The highest BCUT2D eigenvalue weighted by Crippen LogP contribution is 2.06. The summed E-state index contributed by atoms with van der Waals surface area (Å²) in [7, 11) is 0. The van der Waals surface area contributed by atoms with Crippen LogP contribution in [0, 0.1) is 0 Å². The lowest BCUT2D eigenvalue weighted by Crippen LogP contribution is -1.96. The highest BCUT2D eigenvalue weighted by molar-refractivity contribution is 7.78. The predicted molar refractivity (Wildman–Crippen MR) is 52.1 cm³/mol. The molecule has 0 unspecified atom stereocenters. The molecule has 0 aliphatic heterocycles. The smallest absolute Gasteiger partial charge is 0.335 e. The molecule has 1 aromatic carbocycles. The van der Waals surface area contributed by atoms with E-state index in [0.717, 1.165) is 5.56 Å². The molecule has 0 fully saturated rings. The second kappa shape index (κ2) is 4.50. The number of aromatic carboxylic acids is 1. The normalized spacial score (nSPS) is 8.92. The lowest BCUT2D eigenvalue weighted by atomic mass is 10.1. The van der Waals surface area contributed by atoms with Gasteiger partial charge in [-0.25, -0.2) is 9.79 Å². The van der Waals surface area contributed by atoms with Crippen molar-refractivity contribution >= 4 is 23.3 Å². The Labute approximate surface area is 80.7 Å². The topological polar surface area (TPSA) is 49.7 Å². The summed E-state index contributed by atoms with van der Waals surface area (Å²) >= 11 is 4.40. The van der Waals surface area contributed by atoms with Gasteiger partial charge in [0.1, 0.15) is 0 Å². The molecule has 3 nitrogen and oxygen atoms in total. The number of hydrogen-bond acceptors (Lipinski definition) is 3. The Morgan fingerprint density at radius 1 is 1.62 bits per heavy atom. The number of rotatable bonds is 3. The Morgan fingerprint density at radius 3 is 3.00 bits per heavy atom. The average Bonchev–Trinajstić information content (AvgIpc) is 2.15. The lowest BCUT2D eigenvalue weighted by molar-refractivity contribution is 0.0697. The van der Waals surface area contributed by atoms with E-state index in [1.165, 1.54) is 6.07 Å². The maximum Gasteiger partial charge on any atom is 0.335 e. The number of benzene rings is 1. The van der Waals surface area contributed by atoms with E-state index < -0.39 is 5.97 Å². The van der Waals surface area contributed by atoms with Crippen molar-refractivity contribution in [3.05, 3.63) is 35.4 Å². The third kappa shape index (κ3) is 2.78. The van der Waals surface area contributed by atoms with Crippen molar-refractivity contribution in [3.8, 4) is 0 Å². The number of carboxylic acid groups (broad SMARTS) is 1. The maximum atomic E-state index is 10.6. The minimum absolute atomic E-state index is 0.261. The van der Waals surface area contributed by atoms with Crippen molar-refractivity contribution in [3.63, 3.8) is 0 Å². The summed E-state index contributed by atoms with van der Waals surface area (Å²) in [5.41, 5.74) is 1.08. The van der Waals surface area contributed by atoms with Gasteiger partial charge < -0.3 is 5.11 Å². The number of carboxylic acids is 1. The fraction of sp³-hybridized carbons (Fsp3) is 0.111. The van der Waals surface area contributed by atoms with Crippen LogP contribution in [-0.2, 0) is 6.54 Å². The summed E-state index contributed by atoms with van der Waals surface area (Å²) in [6, 6.07) is 6.58. The average molecular weight is 193 g/mol. The molecule has 4 heteroatoms. The summed E-state index contributed by atoms with van der Waals surface area (Å²) in [6.07, 6.45) is 0. The van der Waals surface area contributed by atoms with Gasteiger partial charge in [0, 0.05) is 0 Å². The molecule has 0 aliphatic carbocycles. The van der Waals surface area contributed by atoms with Crippen LogP contribution in [-0.4, -0.2) is 16.2 Å². The van der Waals surface area contributed by atoms with Crippen LogP contribution in [0.4, 0.5) is 0 Å². The second-order valence-corrected chi connectivity index (χ2v) is 2.60. The van der Waals surface area contributed by atoms with E-state index >= 15 is 0 Å². The first kappa shape index (κ1) is 9.58. The van der Waals surface area contributed by atoms with Gasteiger partial charge in [0.15, 0.2) is 0 Å². The molecule has 0 saturated heterocycles. The van der Waals surface area contributed by atoms with Gasteiger partial charge in [-0.2, -0.15) is 0 Å². The monoisotopic (exact) mass is 193 g/mol. The van der Waals surface area contributed by atoms with Gasteiger partial charge in [0.25, 0.3) is 0 Å². The Morgan fingerprint density at radius 2 is 2.38 bits per heavy atom. The van der Waals surface area contributed by atoms with Crippen LogP contribution < -0.4 is 0 Å². The molecule has 0 saturated carbocycles. The molecule has 1 N–H and O–H groups in total. The molecule has 0 amide bonds. The molecule has 0 atom stereocenters. The number of nitrogens with zero attached hydrogens (tertiary/aromatic N) is 1. The SMILES string of the molecule is O=C(O)c1cccc(CN=C=S)c1. The largest absolute Gasteiger partial charge is 0.478 e. The van der Waals surface area contributed by atoms with E-state index in [1.54, 1.807) is 18.2 Å². The van der Waals surface area contributed by atoms with Crippen LogP contribution in [0.25, 0.3) is 0 Å². The molecule has 1 aromatic rings. The third-order valence-electron chi connectivity index (χ3n) is 1.50. The summed E-state index contributed by atoms with van der Waals surface area (Å²) < 4.78 is 0. The molecule has 13 heavy (non-hydrogen) atoms. The van der Waals surface area contributed by atoms with Crippen molar-refractivity contribution in [2.45, 2.75) is 6.54 Å². The Hall–Kier alpha value is -1.51. The number of hydrogen-bond donors (Lipinski definition) is 1. The minimum atomic E-state index is -0.937. The zero-order chi connectivity index (χ0) is 9.68. The summed E-state index contributed by atoms with van der Waals surface area (Å²) in [5.74, 6) is -0.937. The summed E-state index contributed by atoms with van der Waals surface area (Å²) in [4.78, 5) is 14.3. The molecule has 0 spiro atoms. The van der Waals surface area contributed by atoms with Crippen LogP contribution in [0.5, 0.6) is 0 Å². The first-order chi connectivity index (χ1) is 6.24. The molecule has 0 heterocycles. The Balaban J connectivity index is 2.91. The first-order valence-electron chi connectivity index (χ1n) is 3.60. The third-order valence-corrected chi connectivity index (χ3v) is 1.63. The zero-order valence-electron chi connectivity index (χ0n) is 6.73. The molecular weight excluding hydrogens is 186 g/mol. The fourth-order valence-corrected chi connectivity index (χ4v) is 0.991. The van der Waals surface area contributed by atoms with E-state index in [1.807, 2.05) is 0 Å². The number of aliphatic imine (C=N–C) groups is 1. The van der Waals surface area contributed by atoms with Crippen LogP contribution in [0.1, 0.15) is 15.9 Å². The summed E-state index contributed by atoms with van der Waals surface area (Å²) in [5, 5.41) is 10.9. The highest BCUT2D eigenvalue weighted by atomic mass is 32.1. The number of thiocarbonyl (C=S) groups is 1. The Kier molecular flexibility index (Phi) is 3.31. The van der Waals surface area contributed by atoms with Crippen molar-refractivity contribution in [1.29, 1.82) is 0 Å². The number of carbonyl (C=O) groups is 1. The molecule has 66 valence electrons. The van der Waals surface area contributed by atoms with Crippen LogP contribution in [0.2, 0.25) is 0 Å². The molecule has 0 aliphatic rings. The molecular formula is C9H7NO2S. The second-order valence-electron chi connectivity index (χ2n) is 2.41. The molecule has 0 radical (unpaired) electrons. The van der Waals surface area contributed by atoms with Crippen LogP contribution in [0.15, 0.2) is 29.3 Å². The van der Waals surface area contributed by atoms with Gasteiger partial charge in [-0.15, -0.1) is 0 Å². The minimum Gasteiger partial charge on any atom is -0.478 e. The molecule has 1 rings (SSSR count). The van der Waals surface area contributed by atoms with Gasteiger partial charge in [0.05, 0.1) is 17.3 Å². The van der Waals surface area contributed by atoms with Gasteiger partial charge >= 0.3 is 5.97 Å². The zero-order valence-corrected chi connectivity index (χ0v) is 7.54. The molecule has 0 bridgehead atoms. The quantitative estimate of drug-likeness (QED) is 0.590. The van der Waals surface area contributed by atoms with Crippen molar-refractivity contribution in [2.24, 2.45) is 4.99 Å². The van der Waals surface area contributed by atoms with Gasteiger partial charge in [-0.05, 0) is 29.9 Å².